The first-order chi connectivity index (χ1) is 15.6. The monoisotopic (exact) mass is 454 g/mol. The van der Waals surface area contributed by atoms with Gasteiger partial charge in [-0.3, -0.25) is 19.7 Å². The molecule has 5 rings (SSSR count). The van der Waals surface area contributed by atoms with Gasteiger partial charge in [0, 0.05) is 37.5 Å². The van der Waals surface area contributed by atoms with Gasteiger partial charge in [0.05, 0.1) is 0 Å². The van der Waals surface area contributed by atoms with Gasteiger partial charge in [-0.05, 0) is 49.5 Å². The zero-order valence-electron chi connectivity index (χ0n) is 17.7. The van der Waals surface area contributed by atoms with E-state index in [0.29, 0.717) is 37.5 Å². The predicted molar refractivity (Wildman–Crippen MR) is 118 cm³/mol. The topological polar surface area (TPSA) is 116 Å². The predicted octanol–water partition coefficient (Wildman–Crippen LogP) is 1.06. The number of piperidine rings is 2. The third-order valence-electron chi connectivity index (χ3n) is 6.37. The van der Waals surface area contributed by atoms with Gasteiger partial charge in [0.2, 0.25) is 11.8 Å². The molecule has 32 heavy (non-hydrogen) atoms. The van der Waals surface area contributed by atoms with Gasteiger partial charge in [0.1, 0.15) is 16.1 Å². The van der Waals surface area contributed by atoms with Crippen molar-refractivity contribution in [1.29, 1.82) is 0 Å². The van der Waals surface area contributed by atoms with Crippen LogP contribution in [0.1, 0.15) is 63.1 Å². The summed E-state index contributed by atoms with van der Waals surface area (Å²) in [6, 6.07) is 5.28. The fraction of sp³-hybridized carbons (Fsp3) is 0.500. The summed E-state index contributed by atoms with van der Waals surface area (Å²) < 4.78 is 0. The number of amides is 3. The second kappa shape index (κ2) is 9.05. The number of rotatable bonds is 6. The van der Waals surface area contributed by atoms with E-state index in [4.69, 9.17) is 0 Å². The van der Waals surface area contributed by atoms with Crippen LogP contribution in [-0.2, 0) is 29.2 Å². The number of hydrogen-bond acceptors (Lipinski definition) is 8. The fourth-order valence-corrected chi connectivity index (χ4v) is 5.58. The second-order valence-corrected chi connectivity index (χ2v) is 9.65. The summed E-state index contributed by atoms with van der Waals surface area (Å²) in [5.74, 6) is -0.295. The SMILES string of the molecule is O=C1CCC(N2Cc3ccc(CNCc4nnc(C5CCNCC5)s4)cc3C2=O)C(=O)N1. The van der Waals surface area contributed by atoms with Crippen LogP contribution in [0.2, 0.25) is 0 Å². The fourth-order valence-electron chi connectivity index (χ4n) is 4.60. The van der Waals surface area contributed by atoms with Crippen LogP contribution in [0.25, 0.3) is 0 Å². The summed E-state index contributed by atoms with van der Waals surface area (Å²) in [7, 11) is 0. The van der Waals surface area contributed by atoms with Gasteiger partial charge in [-0.2, -0.15) is 0 Å². The summed E-state index contributed by atoms with van der Waals surface area (Å²) in [6.07, 6.45) is 2.86. The van der Waals surface area contributed by atoms with Crippen LogP contribution >= 0.6 is 11.3 Å². The Labute approximate surface area is 190 Å². The lowest BCUT2D eigenvalue weighted by Crippen LogP contribution is -2.52. The molecule has 3 aliphatic rings. The average Bonchev–Trinajstić information content (AvgIpc) is 3.40. The van der Waals surface area contributed by atoms with Gasteiger partial charge in [0.25, 0.3) is 5.91 Å². The van der Waals surface area contributed by atoms with E-state index in [-0.39, 0.29) is 24.1 Å². The van der Waals surface area contributed by atoms with E-state index in [9.17, 15) is 14.4 Å². The van der Waals surface area contributed by atoms with E-state index in [1.807, 2.05) is 18.2 Å². The van der Waals surface area contributed by atoms with Crippen molar-refractivity contribution in [3.8, 4) is 0 Å². The maximum Gasteiger partial charge on any atom is 0.255 e. The number of nitrogens with one attached hydrogen (secondary N) is 3. The lowest BCUT2D eigenvalue weighted by Gasteiger charge is -2.29. The molecule has 0 spiro atoms. The third-order valence-corrected chi connectivity index (χ3v) is 7.45. The highest BCUT2D eigenvalue weighted by atomic mass is 32.1. The molecule has 0 bridgehead atoms. The number of benzene rings is 1. The third kappa shape index (κ3) is 4.30. The summed E-state index contributed by atoms with van der Waals surface area (Å²) in [4.78, 5) is 38.1. The molecule has 3 N–H and O–H groups in total. The van der Waals surface area contributed by atoms with Crippen LogP contribution in [0.15, 0.2) is 18.2 Å². The Morgan fingerprint density at radius 3 is 2.75 bits per heavy atom. The number of carbonyl (C=O) groups excluding carboxylic acids is 3. The highest BCUT2D eigenvalue weighted by molar-refractivity contribution is 7.11. The molecule has 1 atom stereocenters. The molecule has 2 aromatic rings. The van der Waals surface area contributed by atoms with Crippen molar-refractivity contribution in [3.05, 3.63) is 44.9 Å². The minimum absolute atomic E-state index is 0.146. The van der Waals surface area contributed by atoms with Crippen molar-refractivity contribution >= 4 is 29.1 Å². The van der Waals surface area contributed by atoms with Gasteiger partial charge in [0.15, 0.2) is 0 Å². The zero-order valence-corrected chi connectivity index (χ0v) is 18.5. The number of fused-ring (bicyclic) bond motifs is 1. The van der Waals surface area contributed by atoms with E-state index in [0.717, 1.165) is 47.1 Å². The van der Waals surface area contributed by atoms with Crippen molar-refractivity contribution in [2.75, 3.05) is 13.1 Å². The first-order valence-electron chi connectivity index (χ1n) is 11.1. The van der Waals surface area contributed by atoms with E-state index >= 15 is 0 Å². The number of nitrogens with zero attached hydrogens (tertiary/aromatic N) is 3. The first-order valence-corrected chi connectivity index (χ1v) is 11.9. The molecule has 1 aromatic heterocycles. The number of aromatic nitrogens is 2. The molecule has 4 heterocycles. The summed E-state index contributed by atoms with van der Waals surface area (Å²) in [5.41, 5.74) is 2.56. The Bertz CT molecular complexity index is 1050. The maximum absolute atomic E-state index is 12.9. The number of carbonyl (C=O) groups is 3. The Balaban J connectivity index is 1.18. The molecule has 1 aromatic carbocycles. The Hall–Kier alpha value is -2.69. The maximum atomic E-state index is 12.9. The summed E-state index contributed by atoms with van der Waals surface area (Å²) in [6.45, 7) is 3.72. The molecule has 3 amide bonds. The van der Waals surface area contributed by atoms with E-state index < -0.39 is 6.04 Å². The molecule has 0 saturated carbocycles. The largest absolute Gasteiger partial charge is 0.322 e. The highest BCUT2D eigenvalue weighted by Crippen LogP contribution is 2.29. The summed E-state index contributed by atoms with van der Waals surface area (Å²) in [5, 5.41) is 19.9. The highest BCUT2D eigenvalue weighted by Gasteiger charge is 2.39. The van der Waals surface area contributed by atoms with Crippen LogP contribution in [0.5, 0.6) is 0 Å². The van der Waals surface area contributed by atoms with Crippen molar-refractivity contribution < 1.29 is 14.4 Å². The lowest BCUT2D eigenvalue weighted by atomic mass is 9.99. The molecule has 9 nitrogen and oxygen atoms in total. The van der Waals surface area contributed by atoms with Gasteiger partial charge >= 0.3 is 0 Å². The minimum Gasteiger partial charge on any atom is -0.322 e. The summed E-state index contributed by atoms with van der Waals surface area (Å²) >= 11 is 1.68. The molecule has 2 fully saturated rings. The molecule has 3 aliphatic heterocycles. The Morgan fingerprint density at radius 1 is 1.09 bits per heavy atom. The van der Waals surface area contributed by atoms with E-state index in [1.165, 1.54) is 0 Å². The second-order valence-electron chi connectivity index (χ2n) is 8.55. The van der Waals surface area contributed by atoms with Crippen molar-refractivity contribution in [2.24, 2.45) is 0 Å². The normalized spacial score (nSPS) is 21.7. The molecule has 0 aliphatic carbocycles. The van der Waals surface area contributed by atoms with Crippen molar-refractivity contribution in [1.82, 2.24) is 31.0 Å². The number of hydrogen-bond donors (Lipinski definition) is 3. The van der Waals surface area contributed by atoms with E-state index in [2.05, 4.69) is 26.1 Å². The lowest BCUT2D eigenvalue weighted by molar-refractivity contribution is -0.136. The standard InChI is InChI=1S/C22H26N6O3S/c29-18-4-3-17(20(30)25-18)28-12-15-2-1-13(9-16(15)22(28)31)10-24-11-19-26-27-21(32-19)14-5-7-23-8-6-14/h1-2,9,14,17,23-24H,3-8,10-12H2,(H,25,29,30). The molecule has 1 unspecified atom stereocenters. The zero-order chi connectivity index (χ0) is 22.1. The first kappa shape index (κ1) is 21.2. The smallest absolute Gasteiger partial charge is 0.255 e. The quantitative estimate of drug-likeness (QED) is 0.559. The molecule has 2 saturated heterocycles. The van der Waals surface area contributed by atoms with Gasteiger partial charge in [-0.1, -0.05) is 23.5 Å². The van der Waals surface area contributed by atoms with Crippen LogP contribution < -0.4 is 16.0 Å². The van der Waals surface area contributed by atoms with Crippen LogP contribution in [0, 0.1) is 0 Å². The van der Waals surface area contributed by atoms with Crippen LogP contribution in [0.4, 0.5) is 0 Å². The molecule has 0 radical (unpaired) electrons. The van der Waals surface area contributed by atoms with Crippen molar-refractivity contribution in [2.45, 2.75) is 57.3 Å². The van der Waals surface area contributed by atoms with E-state index in [1.54, 1.807) is 16.2 Å². The molecule has 10 heteroatoms. The van der Waals surface area contributed by atoms with Gasteiger partial charge in [-0.15, -0.1) is 10.2 Å². The van der Waals surface area contributed by atoms with Crippen LogP contribution in [0.3, 0.4) is 0 Å². The van der Waals surface area contributed by atoms with Crippen LogP contribution in [-0.4, -0.2) is 52.0 Å². The molecule has 168 valence electrons. The average molecular weight is 455 g/mol. The molecular formula is C22H26N6O3S. The molecular weight excluding hydrogens is 428 g/mol. The van der Waals surface area contributed by atoms with Crippen molar-refractivity contribution in [3.63, 3.8) is 0 Å². The van der Waals surface area contributed by atoms with Gasteiger partial charge < -0.3 is 15.5 Å². The number of imide groups is 1. The minimum atomic E-state index is -0.583. The Kier molecular flexibility index (Phi) is 5.99. The Morgan fingerprint density at radius 2 is 1.94 bits per heavy atom. The van der Waals surface area contributed by atoms with Gasteiger partial charge in [-0.25, -0.2) is 0 Å².